The summed E-state index contributed by atoms with van der Waals surface area (Å²) in [4.78, 5) is 24.8. The molecule has 2 aromatic heterocycles. The Morgan fingerprint density at radius 3 is 2.33 bits per heavy atom. The third kappa shape index (κ3) is 6.94. The molecular weight excluding hydrogens is 399 g/mol. The quantitative estimate of drug-likeness (QED) is 0.754. The van der Waals surface area contributed by atoms with Crippen molar-refractivity contribution in [3.05, 3.63) is 36.3 Å². The van der Waals surface area contributed by atoms with E-state index in [9.17, 15) is 13.2 Å². The first-order valence-electron chi connectivity index (χ1n) is 9.55. The number of hydrogen-bond acceptors (Lipinski definition) is 6. The monoisotopic (exact) mass is 425 g/mol. The van der Waals surface area contributed by atoms with Crippen LogP contribution >= 0.6 is 0 Å². The van der Waals surface area contributed by atoms with E-state index in [-0.39, 0.29) is 5.54 Å². The van der Waals surface area contributed by atoms with Gasteiger partial charge in [0.1, 0.15) is 11.6 Å². The number of nitrogens with one attached hydrogen (secondary N) is 1. The average molecular weight is 425 g/mol. The second kappa shape index (κ2) is 9.84. The molecule has 7 nitrogen and oxygen atoms in total. The van der Waals surface area contributed by atoms with Crippen LogP contribution in [-0.4, -0.2) is 62.3 Å². The lowest BCUT2D eigenvalue weighted by atomic mass is 10.0. The minimum absolute atomic E-state index is 0.126. The van der Waals surface area contributed by atoms with Gasteiger partial charge in [0, 0.05) is 24.3 Å². The molecule has 0 unspecified atom stereocenters. The van der Waals surface area contributed by atoms with Crippen LogP contribution in [0.4, 0.5) is 19.0 Å². The Balaban J connectivity index is 0.000000396. The molecule has 0 aliphatic carbocycles. The Hall–Kier alpha value is -2.75. The maximum absolute atomic E-state index is 10.6. The predicted octanol–water partition coefficient (Wildman–Crippen LogP) is 3.77. The number of halogens is 3. The summed E-state index contributed by atoms with van der Waals surface area (Å²) in [6, 6.07) is 7.84. The van der Waals surface area contributed by atoms with E-state index in [0.717, 1.165) is 29.6 Å². The summed E-state index contributed by atoms with van der Waals surface area (Å²) in [7, 11) is 0. The van der Waals surface area contributed by atoms with Gasteiger partial charge in [0.2, 0.25) is 0 Å². The minimum atomic E-state index is -5.08. The Morgan fingerprint density at radius 1 is 1.17 bits per heavy atom. The van der Waals surface area contributed by atoms with Crippen molar-refractivity contribution < 1.29 is 23.1 Å². The highest BCUT2D eigenvalue weighted by Gasteiger charge is 2.38. The summed E-state index contributed by atoms with van der Waals surface area (Å²) in [6.07, 6.45) is -0.684. The summed E-state index contributed by atoms with van der Waals surface area (Å²) in [5.74, 6) is -1.13. The van der Waals surface area contributed by atoms with Crippen molar-refractivity contribution in [2.45, 2.75) is 45.3 Å². The van der Waals surface area contributed by atoms with E-state index < -0.39 is 12.1 Å². The number of carbonyl (C=O) groups is 1. The third-order valence-electron chi connectivity index (χ3n) is 4.67. The van der Waals surface area contributed by atoms with Crippen molar-refractivity contribution in [3.8, 4) is 11.4 Å². The third-order valence-corrected chi connectivity index (χ3v) is 4.67. The number of carboxylic acid groups (broad SMARTS) is 1. The number of nitrogens with zero attached hydrogens (tertiary/aromatic N) is 4. The summed E-state index contributed by atoms with van der Waals surface area (Å²) in [6.45, 7) is 9.75. The Labute approximate surface area is 173 Å². The van der Waals surface area contributed by atoms with Crippen LogP contribution < -0.4 is 5.32 Å². The molecule has 0 radical (unpaired) electrons. The second-order valence-electron chi connectivity index (χ2n) is 7.56. The van der Waals surface area contributed by atoms with Crippen molar-refractivity contribution >= 4 is 11.8 Å². The zero-order valence-corrected chi connectivity index (χ0v) is 17.2. The molecule has 0 atom stereocenters. The first kappa shape index (κ1) is 23.5. The molecule has 1 aliphatic rings. The molecule has 0 amide bonds. The number of aromatic nitrogens is 3. The fourth-order valence-electron chi connectivity index (χ4n) is 3.04. The van der Waals surface area contributed by atoms with Crippen molar-refractivity contribution in [3.63, 3.8) is 0 Å². The number of alkyl halides is 3. The number of pyridine rings is 1. The van der Waals surface area contributed by atoms with Crippen molar-refractivity contribution in [2.24, 2.45) is 0 Å². The van der Waals surface area contributed by atoms with Crippen LogP contribution in [0.5, 0.6) is 0 Å². The second-order valence-corrected chi connectivity index (χ2v) is 7.56. The van der Waals surface area contributed by atoms with Gasteiger partial charge in [0.25, 0.3) is 0 Å². The first-order valence-corrected chi connectivity index (χ1v) is 9.55. The molecule has 10 heteroatoms. The molecule has 1 saturated heterocycles. The molecule has 1 fully saturated rings. The fourth-order valence-corrected chi connectivity index (χ4v) is 3.04. The zero-order chi connectivity index (χ0) is 22.4. The topological polar surface area (TPSA) is 91.2 Å². The number of rotatable bonds is 5. The van der Waals surface area contributed by atoms with Gasteiger partial charge in [-0.15, -0.1) is 0 Å². The van der Waals surface area contributed by atoms with Gasteiger partial charge in [-0.05, 0) is 58.8 Å². The van der Waals surface area contributed by atoms with Crippen LogP contribution in [0.1, 0.15) is 32.5 Å². The van der Waals surface area contributed by atoms with Crippen molar-refractivity contribution in [1.82, 2.24) is 19.9 Å². The van der Waals surface area contributed by atoms with E-state index in [1.165, 1.54) is 25.9 Å². The molecule has 30 heavy (non-hydrogen) atoms. The smallest absolute Gasteiger partial charge is 0.475 e. The summed E-state index contributed by atoms with van der Waals surface area (Å²) in [5, 5.41) is 10.6. The van der Waals surface area contributed by atoms with E-state index in [2.05, 4.69) is 39.0 Å². The van der Waals surface area contributed by atoms with Crippen LogP contribution in [0, 0.1) is 6.92 Å². The molecule has 0 saturated carbocycles. The van der Waals surface area contributed by atoms with Gasteiger partial charge in [-0.2, -0.15) is 13.2 Å². The van der Waals surface area contributed by atoms with E-state index in [1.54, 1.807) is 6.20 Å². The van der Waals surface area contributed by atoms with Crippen molar-refractivity contribution in [2.75, 3.05) is 25.0 Å². The molecule has 3 heterocycles. The minimum Gasteiger partial charge on any atom is -0.475 e. The van der Waals surface area contributed by atoms with Crippen LogP contribution in [0.2, 0.25) is 0 Å². The van der Waals surface area contributed by atoms with Gasteiger partial charge in [0.15, 0.2) is 0 Å². The van der Waals surface area contributed by atoms with Gasteiger partial charge in [-0.3, -0.25) is 9.88 Å². The molecule has 164 valence electrons. The lowest BCUT2D eigenvalue weighted by Gasteiger charge is -2.35. The lowest BCUT2D eigenvalue weighted by molar-refractivity contribution is -0.192. The molecule has 2 aromatic rings. The molecule has 0 aromatic carbocycles. The highest BCUT2D eigenvalue weighted by atomic mass is 19.4. The van der Waals surface area contributed by atoms with Gasteiger partial charge in [0.05, 0.1) is 11.4 Å². The lowest BCUT2D eigenvalue weighted by Crippen LogP contribution is -2.47. The molecule has 0 bridgehead atoms. The largest absolute Gasteiger partial charge is 0.490 e. The normalized spacial score (nSPS) is 14.7. The highest BCUT2D eigenvalue weighted by Crippen LogP contribution is 2.22. The van der Waals surface area contributed by atoms with Crippen LogP contribution in [0.15, 0.2) is 30.5 Å². The fraction of sp³-hybridized carbons (Fsp3) is 0.500. The van der Waals surface area contributed by atoms with E-state index in [4.69, 9.17) is 9.90 Å². The number of hydrogen-bond donors (Lipinski definition) is 2. The number of carboxylic acids is 1. The summed E-state index contributed by atoms with van der Waals surface area (Å²) < 4.78 is 31.7. The van der Waals surface area contributed by atoms with E-state index in [0.29, 0.717) is 0 Å². The maximum atomic E-state index is 10.6. The zero-order valence-electron chi connectivity index (χ0n) is 17.2. The number of aryl methyl sites for hydroxylation is 1. The molecule has 1 aliphatic heterocycles. The molecule has 0 spiro atoms. The van der Waals surface area contributed by atoms with Crippen LogP contribution in [0.25, 0.3) is 11.4 Å². The maximum Gasteiger partial charge on any atom is 0.490 e. The van der Waals surface area contributed by atoms with E-state index in [1.807, 2.05) is 31.2 Å². The molecule has 3 rings (SSSR count). The van der Waals surface area contributed by atoms with Gasteiger partial charge in [-0.1, -0.05) is 6.07 Å². The number of anilines is 1. The Bertz CT molecular complexity index is 838. The number of aliphatic carboxylic acids is 1. The first-order chi connectivity index (χ1) is 14.0. The van der Waals surface area contributed by atoms with Crippen LogP contribution in [-0.2, 0) is 4.79 Å². The Morgan fingerprint density at radius 2 is 1.80 bits per heavy atom. The highest BCUT2D eigenvalue weighted by molar-refractivity contribution is 5.73. The SMILES string of the molecule is Cc1nc(NCC(C)(C)N2CCCC2)cc(-c2ccccn2)n1.O=C(O)C(F)(F)F. The standard InChI is InChI=1S/C18H25N5.C2HF3O2/c1-14-21-16(15-8-4-5-9-19-15)12-17(22-14)20-13-18(2,3)23-10-6-7-11-23;3-2(4,5)1(6)7/h4-5,8-9,12H,6-7,10-11,13H2,1-3H3,(H,20,21,22);(H,6,7). The molecule has 2 N–H and O–H groups in total. The average Bonchev–Trinajstić information content (AvgIpc) is 3.22. The number of likely N-dealkylation sites (tertiary alicyclic amines) is 1. The van der Waals surface area contributed by atoms with Crippen LogP contribution in [0.3, 0.4) is 0 Å². The summed E-state index contributed by atoms with van der Waals surface area (Å²) in [5.41, 5.74) is 1.86. The van der Waals surface area contributed by atoms with Gasteiger partial charge >= 0.3 is 12.1 Å². The van der Waals surface area contributed by atoms with Crippen molar-refractivity contribution in [1.29, 1.82) is 0 Å². The van der Waals surface area contributed by atoms with Gasteiger partial charge in [-0.25, -0.2) is 14.8 Å². The summed E-state index contributed by atoms with van der Waals surface area (Å²) >= 11 is 0. The van der Waals surface area contributed by atoms with Gasteiger partial charge < -0.3 is 10.4 Å². The molecular formula is C20H26F3N5O2. The Kier molecular flexibility index (Phi) is 7.71. The van der Waals surface area contributed by atoms with E-state index >= 15 is 0 Å². The predicted molar refractivity (Wildman–Crippen MR) is 107 cm³/mol.